The van der Waals surface area contributed by atoms with Crippen LogP contribution < -0.4 is 15.5 Å². The number of hydrogen-bond donors (Lipinski definition) is 1. The van der Waals surface area contributed by atoms with Crippen LogP contribution in [-0.4, -0.2) is 23.9 Å². The highest BCUT2D eigenvalue weighted by atomic mass is 16.2. The Balaban J connectivity index is 1.67. The van der Waals surface area contributed by atoms with Crippen molar-refractivity contribution in [3.05, 3.63) is 54.6 Å². The lowest BCUT2D eigenvalue weighted by molar-refractivity contribution is -0.128. The fourth-order valence-electron chi connectivity index (χ4n) is 5.20. The van der Waals surface area contributed by atoms with Gasteiger partial charge in [0.25, 0.3) is 11.8 Å². The molecular formula is C22H23N3O2. The predicted octanol–water partition coefficient (Wildman–Crippen LogP) is 3.21. The molecule has 2 aliphatic carbocycles. The van der Waals surface area contributed by atoms with Crippen molar-refractivity contribution in [3.63, 3.8) is 0 Å². The lowest BCUT2D eigenvalue weighted by Gasteiger charge is -2.35. The Hall–Kier alpha value is -2.66. The van der Waals surface area contributed by atoms with Crippen LogP contribution in [0.25, 0.3) is 0 Å². The second-order valence-corrected chi connectivity index (χ2v) is 7.93. The van der Waals surface area contributed by atoms with Crippen LogP contribution in [0.4, 0.5) is 17.1 Å². The van der Waals surface area contributed by atoms with E-state index >= 15 is 0 Å². The Kier molecular flexibility index (Phi) is 3.79. The van der Waals surface area contributed by atoms with E-state index in [1.54, 1.807) is 4.90 Å². The number of carbonyl (C=O) groups is 2. The number of nitrogens with zero attached hydrogens (tertiary/aromatic N) is 2. The predicted molar refractivity (Wildman–Crippen MR) is 105 cm³/mol. The standard InChI is InChI=1S/C22H23N3O2/c23-20-21(26)24(16-6-2-1-3-7-16)17-8-4-5-9-18(17)25(22(20)27)19-13-14-10-11-15(19)12-14/h1-9,14-15,19-20H,10-13,23H2. The van der Waals surface area contributed by atoms with E-state index < -0.39 is 6.04 Å². The Morgan fingerprint density at radius 1 is 0.815 bits per heavy atom. The minimum Gasteiger partial charge on any atom is -0.312 e. The summed E-state index contributed by atoms with van der Waals surface area (Å²) in [6, 6.07) is 16.1. The summed E-state index contributed by atoms with van der Waals surface area (Å²) in [5, 5.41) is 0. The van der Waals surface area contributed by atoms with Crippen LogP contribution in [0.1, 0.15) is 25.7 Å². The molecule has 138 valence electrons. The molecule has 2 saturated carbocycles. The summed E-state index contributed by atoms with van der Waals surface area (Å²) in [7, 11) is 0. The average molecular weight is 361 g/mol. The van der Waals surface area contributed by atoms with E-state index in [0.29, 0.717) is 11.8 Å². The number of carbonyl (C=O) groups excluding carboxylic acids is 2. The number of anilines is 3. The van der Waals surface area contributed by atoms with Gasteiger partial charge in [0.2, 0.25) is 0 Å². The smallest absolute Gasteiger partial charge is 0.258 e. The summed E-state index contributed by atoms with van der Waals surface area (Å²) in [4.78, 5) is 30.0. The Morgan fingerprint density at radius 2 is 1.52 bits per heavy atom. The van der Waals surface area contributed by atoms with E-state index in [1.165, 1.54) is 12.8 Å². The Labute approximate surface area is 158 Å². The third-order valence-corrected chi connectivity index (χ3v) is 6.42. The minimum absolute atomic E-state index is 0.145. The molecule has 4 unspecified atom stereocenters. The van der Waals surface area contributed by atoms with E-state index in [4.69, 9.17) is 5.73 Å². The lowest BCUT2D eigenvalue weighted by Crippen LogP contribution is -2.54. The van der Waals surface area contributed by atoms with Gasteiger partial charge in [-0.15, -0.1) is 0 Å². The maximum absolute atomic E-state index is 13.3. The molecule has 3 aliphatic rings. The third-order valence-electron chi connectivity index (χ3n) is 6.42. The van der Waals surface area contributed by atoms with Gasteiger partial charge in [-0.05, 0) is 55.4 Å². The van der Waals surface area contributed by atoms with Gasteiger partial charge in [0.1, 0.15) is 0 Å². The highest BCUT2D eigenvalue weighted by Gasteiger charge is 2.48. The molecule has 2 aromatic rings. The molecule has 0 spiro atoms. The number of fused-ring (bicyclic) bond motifs is 3. The molecular weight excluding hydrogens is 338 g/mol. The first-order valence-corrected chi connectivity index (χ1v) is 9.72. The fourth-order valence-corrected chi connectivity index (χ4v) is 5.20. The maximum Gasteiger partial charge on any atom is 0.258 e. The molecule has 0 aromatic heterocycles. The van der Waals surface area contributed by atoms with Crippen molar-refractivity contribution in [3.8, 4) is 0 Å². The normalized spacial score (nSPS) is 29.8. The lowest BCUT2D eigenvalue weighted by atomic mass is 9.93. The molecule has 5 heteroatoms. The van der Waals surface area contributed by atoms with Crippen molar-refractivity contribution >= 4 is 28.9 Å². The summed E-state index contributed by atoms with van der Waals surface area (Å²) in [6.45, 7) is 0. The van der Waals surface area contributed by atoms with Crippen molar-refractivity contribution in [2.24, 2.45) is 17.6 Å². The molecule has 2 fully saturated rings. The zero-order valence-corrected chi connectivity index (χ0v) is 15.1. The van der Waals surface area contributed by atoms with Gasteiger partial charge in [0.05, 0.1) is 11.4 Å². The number of benzene rings is 2. The molecule has 2 bridgehead atoms. The van der Waals surface area contributed by atoms with Crippen LogP contribution in [0, 0.1) is 11.8 Å². The second kappa shape index (κ2) is 6.20. The number of nitrogens with two attached hydrogens (primary N) is 1. The minimum atomic E-state index is -1.18. The largest absolute Gasteiger partial charge is 0.312 e. The van der Waals surface area contributed by atoms with Crippen LogP contribution in [0.3, 0.4) is 0 Å². The van der Waals surface area contributed by atoms with Gasteiger partial charge in [-0.3, -0.25) is 14.5 Å². The first-order chi connectivity index (χ1) is 13.1. The summed E-state index contributed by atoms with van der Waals surface area (Å²) < 4.78 is 0. The Morgan fingerprint density at radius 3 is 2.19 bits per heavy atom. The van der Waals surface area contributed by atoms with E-state index in [9.17, 15) is 9.59 Å². The number of rotatable bonds is 2. The monoisotopic (exact) mass is 361 g/mol. The quantitative estimate of drug-likeness (QED) is 0.835. The molecule has 0 radical (unpaired) electrons. The molecule has 2 aromatic carbocycles. The van der Waals surface area contributed by atoms with Crippen molar-refractivity contribution in [1.82, 2.24) is 0 Å². The highest BCUT2D eigenvalue weighted by molar-refractivity contribution is 6.22. The number of amides is 2. The van der Waals surface area contributed by atoms with Crippen LogP contribution in [0.15, 0.2) is 54.6 Å². The molecule has 27 heavy (non-hydrogen) atoms. The van der Waals surface area contributed by atoms with Crippen LogP contribution in [-0.2, 0) is 9.59 Å². The van der Waals surface area contributed by atoms with Gasteiger partial charge in [-0.1, -0.05) is 36.8 Å². The summed E-state index contributed by atoms with van der Waals surface area (Å²) in [5.41, 5.74) is 8.46. The molecule has 1 heterocycles. The van der Waals surface area contributed by atoms with Crippen molar-refractivity contribution in [2.45, 2.75) is 37.8 Å². The average Bonchev–Trinajstić information content (AvgIpc) is 3.31. The molecule has 0 saturated heterocycles. The van der Waals surface area contributed by atoms with Gasteiger partial charge < -0.3 is 10.6 Å². The first kappa shape index (κ1) is 16.5. The molecule has 5 nitrogen and oxygen atoms in total. The fraction of sp³-hybridized carbons (Fsp3) is 0.364. The van der Waals surface area contributed by atoms with Crippen LogP contribution in [0.5, 0.6) is 0 Å². The molecule has 1 aliphatic heterocycles. The van der Waals surface area contributed by atoms with Gasteiger partial charge in [-0.2, -0.15) is 0 Å². The number of hydrogen-bond acceptors (Lipinski definition) is 3. The summed E-state index contributed by atoms with van der Waals surface area (Å²) in [5.74, 6) is 0.561. The topological polar surface area (TPSA) is 66.6 Å². The zero-order chi connectivity index (χ0) is 18.5. The molecule has 4 atom stereocenters. The van der Waals surface area contributed by atoms with Gasteiger partial charge in [0, 0.05) is 11.7 Å². The van der Waals surface area contributed by atoms with E-state index in [-0.39, 0.29) is 17.9 Å². The van der Waals surface area contributed by atoms with Crippen LogP contribution in [0.2, 0.25) is 0 Å². The SMILES string of the molecule is NC1C(=O)N(c2ccccc2)c2ccccc2N(C2CC3CCC2C3)C1=O. The van der Waals surface area contributed by atoms with E-state index in [1.807, 2.05) is 59.5 Å². The van der Waals surface area contributed by atoms with Crippen LogP contribution >= 0.6 is 0 Å². The molecule has 5 rings (SSSR count). The second-order valence-electron chi connectivity index (χ2n) is 7.93. The Bertz CT molecular complexity index is 897. The van der Waals surface area contributed by atoms with Gasteiger partial charge in [-0.25, -0.2) is 0 Å². The van der Waals surface area contributed by atoms with Crippen molar-refractivity contribution < 1.29 is 9.59 Å². The number of para-hydroxylation sites is 3. The maximum atomic E-state index is 13.3. The molecule has 2 N–H and O–H groups in total. The van der Waals surface area contributed by atoms with Crippen molar-refractivity contribution in [1.29, 1.82) is 0 Å². The van der Waals surface area contributed by atoms with Crippen molar-refractivity contribution in [2.75, 3.05) is 9.80 Å². The van der Waals surface area contributed by atoms with E-state index in [2.05, 4.69) is 0 Å². The third kappa shape index (κ3) is 2.49. The molecule has 2 amide bonds. The van der Waals surface area contributed by atoms with Gasteiger partial charge in [0.15, 0.2) is 6.04 Å². The highest BCUT2D eigenvalue weighted by Crippen LogP contribution is 2.49. The zero-order valence-electron chi connectivity index (χ0n) is 15.1. The van der Waals surface area contributed by atoms with E-state index in [0.717, 1.165) is 29.9 Å². The van der Waals surface area contributed by atoms with Gasteiger partial charge >= 0.3 is 0 Å². The first-order valence-electron chi connectivity index (χ1n) is 9.72. The summed E-state index contributed by atoms with van der Waals surface area (Å²) >= 11 is 0. The summed E-state index contributed by atoms with van der Waals surface area (Å²) in [6.07, 6.45) is 4.61.